The van der Waals surface area contributed by atoms with Gasteiger partial charge in [-0.2, -0.15) is 0 Å². The number of rotatable bonds is 3. The fraction of sp³-hybridized carbons (Fsp3) is 0.533. The fourth-order valence-electron chi connectivity index (χ4n) is 2.78. The molecule has 0 bridgehead atoms. The second-order valence-corrected chi connectivity index (χ2v) is 5.40. The van der Waals surface area contributed by atoms with E-state index in [0.29, 0.717) is 26.4 Å². The molecule has 0 spiro atoms. The highest BCUT2D eigenvalue weighted by atomic mass is 19.1. The smallest absolute Gasteiger partial charge is 0.241 e. The predicted octanol–water partition coefficient (Wildman–Crippen LogP) is 1.06. The van der Waals surface area contributed by atoms with Crippen LogP contribution in [0.4, 0.5) is 4.39 Å². The Kier molecular flexibility index (Phi) is 4.19. The van der Waals surface area contributed by atoms with Gasteiger partial charge >= 0.3 is 0 Å². The molecule has 3 rings (SSSR count). The zero-order valence-corrected chi connectivity index (χ0v) is 11.9. The van der Waals surface area contributed by atoms with Crippen molar-refractivity contribution < 1.29 is 18.7 Å². The Hall–Kier alpha value is -1.50. The van der Waals surface area contributed by atoms with Crippen molar-refractivity contribution in [1.82, 2.24) is 10.2 Å². The summed E-state index contributed by atoms with van der Waals surface area (Å²) in [5, 5.41) is 3.20. The minimum atomic E-state index is -0.325. The SMILES string of the molecule is CC1NC(c2cccc(F)c2)N(CC2COCCO2)C1=O. The molecule has 114 valence electrons. The van der Waals surface area contributed by atoms with Crippen LogP contribution in [0.25, 0.3) is 0 Å². The van der Waals surface area contributed by atoms with Gasteiger partial charge in [0.05, 0.1) is 38.5 Å². The number of halogens is 1. The molecule has 5 nitrogen and oxygen atoms in total. The number of carbonyl (C=O) groups is 1. The van der Waals surface area contributed by atoms with E-state index in [0.717, 1.165) is 5.56 Å². The van der Waals surface area contributed by atoms with E-state index >= 15 is 0 Å². The highest BCUT2D eigenvalue weighted by molar-refractivity contribution is 5.84. The van der Waals surface area contributed by atoms with Crippen LogP contribution in [0.2, 0.25) is 0 Å². The summed E-state index contributed by atoms with van der Waals surface area (Å²) in [6.45, 7) is 3.87. The first-order valence-corrected chi connectivity index (χ1v) is 7.16. The first-order chi connectivity index (χ1) is 10.1. The highest BCUT2D eigenvalue weighted by Gasteiger charge is 2.38. The van der Waals surface area contributed by atoms with E-state index in [-0.39, 0.29) is 30.0 Å². The van der Waals surface area contributed by atoms with Gasteiger partial charge in [-0.25, -0.2) is 4.39 Å². The highest BCUT2D eigenvalue weighted by Crippen LogP contribution is 2.26. The molecule has 1 aromatic carbocycles. The fourth-order valence-corrected chi connectivity index (χ4v) is 2.78. The Morgan fingerprint density at radius 1 is 1.43 bits per heavy atom. The third-order valence-corrected chi connectivity index (χ3v) is 3.82. The summed E-state index contributed by atoms with van der Waals surface area (Å²) in [5.74, 6) is -0.308. The molecule has 3 atom stereocenters. The lowest BCUT2D eigenvalue weighted by Gasteiger charge is -2.30. The van der Waals surface area contributed by atoms with Crippen molar-refractivity contribution in [3.05, 3.63) is 35.6 Å². The molecule has 2 saturated heterocycles. The minimum Gasteiger partial charge on any atom is -0.376 e. The maximum atomic E-state index is 13.4. The molecular weight excluding hydrogens is 275 g/mol. The van der Waals surface area contributed by atoms with Crippen LogP contribution in [0.15, 0.2) is 24.3 Å². The quantitative estimate of drug-likeness (QED) is 0.906. The van der Waals surface area contributed by atoms with Gasteiger partial charge in [0, 0.05) is 0 Å². The van der Waals surface area contributed by atoms with Crippen molar-refractivity contribution in [2.75, 3.05) is 26.4 Å². The van der Waals surface area contributed by atoms with Crippen LogP contribution in [0.5, 0.6) is 0 Å². The second-order valence-electron chi connectivity index (χ2n) is 5.40. The van der Waals surface area contributed by atoms with E-state index in [1.807, 2.05) is 13.0 Å². The Morgan fingerprint density at radius 2 is 2.29 bits per heavy atom. The van der Waals surface area contributed by atoms with Gasteiger partial charge in [0.2, 0.25) is 5.91 Å². The third kappa shape index (κ3) is 3.07. The number of hydrogen-bond acceptors (Lipinski definition) is 4. The van der Waals surface area contributed by atoms with Gasteiger partial charge in [0.1, 0.15) is 12.0 Å². The molecule has 1 N–H and O–H groups in total. The molecule has 2 aliphatic heterocycles. The van der Waals surface area contributed by atoms with Crippen molar-refractivity contribution >= 4 is 5.91 Å². The van der Waals surface area contributed by atoms with Crippen LogP contribution in [0.1, 0.15) is 18.7 Å². The Morgan fingerprint density at radius 3 is 3.00 bits per heavy atom. The molecule has 1 aromatic rings. The second kappa shape index (κ2) is 6.09. The molecule has 3 unspecified atom stereocenters. The van der Waals surface area contributed by atoms with Gasteiger partial charge < -0.3 is 14.4 Å². The summed E-state index contributed by atoms with van der Waals surface area (Å²) < 4.78 is 24.4. The van der Waals surface area contributed by atoms with E-state index in [4.69, 9.17) is 9.47 Å². The predicted molar refractivity (Wildman–Crippen MR) is 74.0 cm³/mol. The van der Waals surface area contributed by atoms with Crippen LogP contribution < -0.4 is 5.32 Å². The van der Waals surface area contributed by atoms with Gasteiger partial charge in [-0.15, -0.1) is 0 Å². The number of amides is 1. The van der Waals surface area contributed by atoms with E-state index in [1.165, 1.54) is 12.1 Å². The van der Waals surface area contributed by atoms with Crippen LogP contribution >= 0.6 is 0 Å². The van der Waals surface area contributed by atoms with E-state index in [9.17, 15) is 9.18 Å². The molecule has 2 aliphatic rings. The third-order valence-electron chi connectivity index (χ3n) is 3.82. The molecular formula is C15H19FN2O3. The molecule has 1 amide bonds. The molecule has 0 aliphatic carbocycles. The van der Waals surface area contributed by atoms with E-state index in [1.54, 1.807) is 11.0 Å². The number of nitrogens with zero attached hydrogens (tertiary/aromatic N) is 1. The number of carbonyl (C=O) groups excluding carboxylic acids is 1. The monoisotopic (exact) mass is 294 g/mol. The molecule has 2 fully saturated rings. The lowest BCUT2D eigenvalue weighted by Crippen LogP contribution is -2.42. The van der Waals surface area contributed by atoms with E-state index < -0.39 is 0 Å². The Balaban J connectivity index is 1.78. The average Bonchev–Trinajstić information content (AvgIpc) is 2.77. The van der Waals surface area contributed by atoms with Crippen molar-refractivity contribution in [3.63, 3.8) is 0 Å². The molecule has 21 heavy (non-hydrogen) atoms. The summed E-state index contributed by atoms with van der Waals surface area (Å²) in [5.41, 5.74) is 0.740. The number of benzene rings is 1. The summed E-state index contributed by atoms with van der Waals surface area (Å²) in [4.78, 5) is 14.0. The van der Waals surface area contributed by atoms with Gasteiger partial charge in [-0.1, -0.05) is 12.1 Å². The lowest BCUT2D eigenvalue weighted by molar-refractivity contribution is -0.137. The van der Waals surface area contributed by atoms with Crippen molar-refractivity contribution in [2.45, 2.75) is 25.2 Å². The zero-order chi connectivity index (χ0) is 14.8. The van der Waals surface area contributed by atoms with Gasteiger partial charge in [-0.3, -0.25) is 10.1 Å². The first-order valence-electron chi connectivity index (χ1n) is 7.16. The van der Waals surface area contributed by atoms with Crippen LogP contribution in [-0.2, 0) is 14.3 Å². The zero-order valence-electron chi connectivity index (χ0n) is 11.9. The van der Waals surface area contributed by atoms with Crippen molar-refractivity contribution in [1.29, 1.82) is 0 Å². The van der Waals surface area contributed by atoms with Gasteiger partial charge in [0.15, 0.2) is 0 Å². The van der Waals surface area contributed by atoms with Crippen molar-refractivity contribution in [3.8, 4) is 0 Å². The Labute approximate surface area is 123 Å². The standard InChI is InChI=1S/C15H19FN2O3/c1-10-15(19)18(8-13-9-20-5-6-21-13)14(17-10)11-3-2-4-12(16)7-11/h2-4,7,10,13-14,17H,5-6,8-9H2,1H3. The first kappa shape index (κ1) is 14.4. The summed E-state index contributed by atoms with van der Waals surface area (Å²) in [6, 6.07) is 6.03. The average molecular weight is 294 g/mol. The summed E-state index contributed by atoms with van der Waals surface area (Å²) in [6.07, 6.45) is -0.459. The normalized spacial score (nSPS) is 29.9. The lowest BCUT2D eigenvalue weighted by atomic mass is 10.1. The van der Waals surface area contributed by atoms with Gasteiger partial charge in [-0.05, 0) is 24.6 Å². The topological polar surface area (TPSA) is 50.8 Å². The molecule has 0 aromatic heterocycles. The molecule has 2 heterocycles. The molecule has 0 saturated carbocycles. The maximum absolute atomic E-state index is 13.4. The number of hydrogen-bond donors (Lipinski definition) is 1. The number of ether oxygens (including phenoxy) is 2. The van der Waals surface area contributed by atoms with Crippen LogP contribution in [-0.4, -0.2) is 49.3 Å². The largest absolute Gasteiger partial charge is 0.376 e. The van der Waals surface area contributed by atoms with Crippen molar-refractivity contribution in [2.24, 2.45) is 0 Å². The molecule has 0 radical (unpaired) electrons. The van der Waals surface area contributed by atoms with E-state index in [2.05, 4.69) is 5.32 Å². The van der Waals surface area contributed by atoms with Crippen LogP contribution in [0, 0.1) is 5.82 Å². The van der Waals surface area contributed by atoms with Crippen LogP contribution in [0.3, 0.4) is 0 Å². The maximum Gasteiger partial charge on any atom is 0.241 e. The minimum absolute atomic E-state index is 0.00145. The Bertz CT molecular complexity index is 519. The summed E-state index contributed by atoms with van der Waals surface area (Å²) >= 11 is 0. The summed E-state index contributed by atoms with van der Waals surface area (Å²) in [7, 11) is 0. The number of nitrogens with one attached hydrogen (secondary N) is 1. The van der Waals surface area contributed by atoms with Gasteiger partial charge in [0.25, 0.3) is 0 Å². The molecule has 6 heteroatoms.